The summed E-state index contributed by atoms with van der Waals surface area (Å²) in [6, 6.07) is 3.68. The Bertz CT molecular complexity index is 622. The molecule has 2 unspecified atom stereocenters. The second-order valence-corrected chi connectivity index (χ2v) is 5.66. The van der Waals surface area contributed by atoms with E-state index in [-0.39, 0.29) is 17.9 Å². The van der Waals surface area contributed by atoms with Crippen LogP contribution in [-0.2, 0) is 0 Å². The number of hydrogen-bond donors (Lipinski definition) is 2. The highest BCUT2D eigenvalue weighted by Gasteiger charge is 2.16. The Hall–Kier alpha value is -2.21. The monoisotopic (exact) mass is 302 g/mol. The number of carbonyl (C=O) groups is 1. The summed E-state index contributed by atoms with van der Waals surface area (Å²) in [7, 11) is 0. The molecule has 0 spiro atoms. The van der Waals surface area contributed by atoms with E-state index in [9.17, 15) is 9.90 Å². The molecule has 0 radical (unpaired) electrons. The van der Waals surface area contributed by atoms with Crippen LogP contribution in [0.4, 0.5) is 0 Å². The van der Waals surface area contributed by atoms with Crippen LogP contribution < -0.4 is 5.32 Å². The normalized spacial score (nSPS) is 13.6. The zero-order valence-corrected chi connectivity index (χ0v) is 13.2. The van der Waals surface area contributed by atoms with E-state index < -0.39 is 0 Å². The summed E-state index contributed by atoms with van der Waals surface area (Å²) in [5.41, 5.74) is 2.21. The molecule has 2 rings (SSSR count). The second-order valence-electron chi connectivity index (χ2n) is 5.66. The molecule has 0 saturated heterocycles. The van der Waals surface area contributed by atoms with E-state index in [0.29, 0.717) is 18.5 Å². The van der Waals surface area contributed by atoms with Crippen molar-refractivity contribution in [1.82, 2.24) is 20.1 Å². The minimum Gasteiger partial charge on any atom is -0.393 e. The molecule has 6 nitrogen and oxygen atoms in total. The fraction of sp³-hybridized carbons (Fsp3) is 0.438. The van der Waals surface area contributed by atoms with Gasteiger partial charge in [0.25, 0.3) is 5.91 Å². The number of aromatic nitrogens is 3. The second kappa shape index (κ2) is 7.17. The lowest BCUT2D eigenvalue weighted by atomic mass is 10.0. The van der Waals surface area contributed by atoms with Crippen LogP contribution in [0.5, 0.6) is 0 Å². The van der Waals surface area contributed by atoms with Gasteiger partial charge in [-0.15, -0.1) is 0 Å². The number of pyridine rings is 1. The number of nitrogens with one attached hydrogen (secondary N) is 1. The Labute approximate surface area is 130 Å². The predicted molar refractivity (Wildman–Crippen MR) is 83.9 cm³/mol. The molecule has 0 aliphatic carbocycles. The largest absolute Gasteiger partial charge is 0.393 e. The van der Waals surface area contributed by atoms with Crippen LogP contribution in [0.15, 0.2) is 30.7 Å². The molecule has 2 atom stereocenters. The lowest BCUT2D eigenvalue weighted by Crippen LogP contribution is -2.29. The van der Waals surface area contributed by atoms with Crippen molar-refractivity contribution in [2.24, 2.45) is 5.92 Å². The van der Waals surface area contributed by atoms with Crippen molar-refractivity contribution in [3.8, 4) is 5.69 Å². The topological polar surface area (TPSA) is 80.0 Å². The van der Waals surface area contributed by atoms with Crippen molar-refractivity contribution < 1.29 is 9.90 Å². The molecule has 0 fully saturated rings. The third-order valence-corrected chi connectivity index (χ3v) is 3.52. The first kappa shape index (κ1) is 16.2. The van der Waals surface area contributed by atoms with Gasteiger partial charge in [-0.3, -0.25) is 9.78 Å². The van der Waals surface area contributed by atoms with Crippen molar-refractivity contribution in [1.29, 1.82) is 0 Å². The van der Waals surface area contributed by atoms with Gasteiger partial charge < -0.3 is 10.4 Å². The minimum absolute atomic E-state index is 0.143. The van der Waals surface area contributed by atoms with Crippen LogP contribution in [0.1, 0.15) is 36.3 Å². The van der Waals surface area contributed by atoms with Crippen molar-refractivity contribution >= 4 is 5.91 Å². The van der Waals surface area contributed by atoms with Gasteiger partial charge in [0, 0.05) is 18.9 Å². The molecular formula is C16H22N4O2. The van der Waals surface area contributed by atoms with Crippen LogP contribution >= 0.6 is 0 Å². The molecule has 118 valence electrons. The zero-order valence-electron chi connectivity index (χ0n) is 13.2. The van der Waals surface area contributed by atoms with Gasteiger partial charge in [-0.2, -0.15) is 5.10 Å². The van der Waals surface area contributed by atoms with E-state index >= 15 is 0 Å². The summed E-state index contributed by atoms with van der Waals surface area (Å²) in [6.07, 6.45) is 5.25. The number of aliphatic hydroxyl groups is 1. The van der Waals surface area contributed by atoms with Gasteiger partial charge in [0.2, 0.25) is 0 Å². The van der Waals surface area contributed by atoms with E-state index in [0.717, 1.165) is 11.4 Å². The number of aliphatic hydroxyl groups excluding tert-OH is 1. The fourth-order valence-electron chi connectivity index (χ4n) is 2.41. The predicted octanol–water partition coefficient (Wildman–Crippen LogP) is 1.71. The molecule has 0 aromatic carbocycles. The summed E-state index contributed by atoms with van der Waals surface area (Å²) >= 11 is 0. The summed E-state index contributed by atoms with van der Waals surface area (Å²) in [5, 5.41) is 16.5. The maximum absolute atomic E-state index is 12.3. The highest BCUT2D eigenvalue weighted by molar-refractivity contribution is 5.95. The third kappa shape index (κ3) is 3.92. The SMILES string of the molecule is Cc1c(C(=O)NCC(C)CC(C)O)cnn1-c1ccncc1. The van der Waals surface area contributed by atoms with Gasteiger partial charge in [-0.05, 0) is 38.3 Å². The number of rotatable bonds is 6. The first-order valence-electron chi connectivity index (χ1n) is 7.40. The molecule has 22 heavy (non-hydrogen) atoms. The Morgan fingerprint density at radius 2 is 2.05 bits per heavy atom. The van der Waals surface area contributed by atoms with E-state index in [4.69, 9.17) is 0 Å². The van der Waals surface area contributed by atoms with Gasteiger partial charge in [0.15, 0.2) is 0 Å². The van der Waals surface area contributed by atoms with Crippen molar-refractivity contribution in [2.75, 3.05) is 6.54 Å². The highest BCUT2D eigenvalue weighted by atomic mass is 16.3. The molecular weight excluding hydrogens is 280 g/mol. The van der Waals surface area contributed by atoms with Gasteiger partial charge in [-0.1, -0.05) is 6.92 Å². The molecule has 0 aliphatic heterocycles. The molecule has 6 heteroatoms. The molecule has 1 amide bonds. The summed E-state index contributed by atoms with van der Waals surface area (Å²) in [4.78, 5) is 16.2. The lowest BCUT2D eigenvalue weighted by molar-refractivity contribution is 0.0938. The van der Waals surface area contributed by atoms with E-state index in [1.807, 2.05) is 26.0 Å². The number of carbonyl (C=O) groups excluding carboxylic acids is 1. The molecule has 0 saturated carbocycles. The highest BCUT2D eigenvalue weighted by Crippen LogP contribution is 2.13. The Morgan fingerprint density at radius 3 is 2.68 bits per heavy atom. The number of hydrogen-bond acceptors (Lipinski definition) is 4. The zero-order chi connectivity index (χ0) is 16.1. The van der Waals surface area contributed by atoms with Crippen LogP contribution in [0.3, 0.4) is 0 Å². The van der Waals surface area contributed by atoms with Crippen LogP contribution in [0, 0.1) is 12.8 Å². The minimum atomic E-state index is -0.358. The summed E-state index contributed by atoms with van der Waals surface area (Å²) in [5.74, 6) is 0.0785. The molecule has 0 aliphatic rings. The first-order valence-corrected chi connectivity index (χ1v) is 7.40. The Kier molecular flexibility index (Phi) is 5.27. The fourth-order valence-corrected chi connectivity index (χ4v) is 2.41. The molecule has 2 aromatic heterocycles. The van der Waals surface area contributed by atoms with Crippen molar-refractivity contribution in [3.63, 3.8) is 0 Å². The van der Waals surface area contributed by atoms with E-state index in [2.05, 4.69) is 15.4 Å². The maximum atomic E-state index is 12.3. The summed E-state index contributed by atoms with van der Waals surface area (Å²) in [6.45, 7) is 6.15. The van der Waals surface area contributed by atoms with Crippen LogP contribution in [0.25, 0.3) is 5.69 Å². The smallest absolute Gasteiger partial charge is 0.254 e. The number of amides is 1. The maximum Gasteiger partial charge on any atom is 0.254 e. The van der Waals surface area contributed by atoms with Gasteiger partial charge in [-0.25, -0.2) is 4.68 Å². The van der Waals surface area contributed by atoms with E-state index in [1.165, 1.54) is 0 Å². The summed E-state index contributed by atoms with van der Waals surface area (Å²) < 4.78 is 1.72. The molecule has 0 bridgehead atoms. The van der Waals surface area contributed by atoms with Crippen molar-refractivity contribution in [3.05, 3.63) is 42.0 Å². The average molecular weight is 302 g/mol. The van der Waals surface area contributed by atoms with Gasteiger partial charge in [0.1, 0.15) is 0 Å². The first-order chi connectivity index (χ1) is 10.5. The number of nitrogens with zero attached hydrogens (tertiary/aromatic N) is 3. The molecule has 2 heterocycles. The molecule has 2 N–H and O–H groups in total. The Balaban J connectivity index is 2.04. The molecule has 2 aromatic rings. The van der Waals surface area contributed by atoms with Gasteiger partial charge in [0.05, 0.1) is 29.2 Å². The standard InChI is InChI=1S/C16H22N4O2/c1-11(8-12(2)21)9-18-16(22)15-10-19-20(13(15)3)14-4-6-17-7-5-14/h4-7,10-12,21H,8-9H2,1-3H3,(H,18,22). The lowest BCUT2D eigenvalue weighted by Gasteiger charge is -2.14. The van der Waals surface area contributed by atoms with Crippen molar-refractivity contribution in [2.45, 2.75) is 33.3 Å². The van der Waals surface area contributed by atoms with Crippen LogP contribution in [-0.4, -0.2) is 38.4 Å². The average Bonchev–Trinajstić information content (AvgIpc) is 2.87. The third-order valence-electron chi connectivity index (χ3n) is 3.52. The Morgan fingerprint density at radius 1 is 1.36 bits per heavy atom. The van der Waals surface area contributed by atoms with Gasteiger partial charge >= 0.3 is 0 Å². The van der Waals surface area contributed by atoms with Crippen LogP contribution in [0.2, 0.25) is 0 Å². The van der Waals surface area contributed by atoms with E-state index in [1.54, 1.807) is 30.2 Å². The quantitative estimate of drug-likeness (QED) is 0.851.